The highest BCUT2D eigenvalue weighted by Crippen LogP contribution is 2.40. The molecule has 0 N–H and O–H groups in total. The molecule has 0 aromatic rings. The van der Waals surface area contributed by atoms with Gasteiger partial charge in [-0.1, -0.05) is 20.8 Å². The van der Waals surface area contributed by atoms with E-state index in [1.165, 1.54) is 32.0 Å². The highest BCUT2D eigenvalue weighted by molar-refractivity contribution is 5.60. The van der Waals surface area contributed by atoms with Gasteiger partial charge in [-0.3, -0.25) is 4.90 Å². The van der Waals surface area contributed by atoms with Gasteiger partial charge in [-0.05, 0) is 50.4 Å². The summed E-state index contributed by atoms with van der Waals surface area (Å²) in [5.41, 5.74) is -0.0238. The van der Waals surface area contributed by atoms with Crippen molar-refractivity contribution in [2.75, 3.05) is 13.1 Å². The minimum absolute atomic E-state index is 0.0238. The maximum absolute atomic E-state index is 11.6. The van der Waals surface area contributed by atoms with Gasteiger partial charge in [0.05, 0.1) is 0 Å². The van der Waals surface area contributed by atoms with Crippen LogP contribution in [0.2, 0.25) is 0 Å². The van der Waals surface area contributed by atoms with Crippen molar-refractivity contribution in [2.24, 2.45) is 17.3 Å². The molecule has 2 aliphatic carbocycles. The Morgan fingerprint density at radius 2 is 1.83 bits per heavy atom. The summed E-state index contributed by atoms with van der Waals surface area (Å²) in [6.45, 7) is 9.07. The van der Waals surface area contributed by atoms with E-state index in [9.17, 15) is 4.79 Å². The van der Waals surface area contributed by atoms with Gasteiger partial charge in [-0.2, -0.15) is 0 Å². The van der Waals surface area contributed by atoms with E-state index in [1.807, 2.05) is 0 Å². The second-order valence-corrected chi connectivity index (χ2v) is 7.22. The van der Waals surface area contributed by atoms with Crippen molar-refractivity contribution in [3.05, 3.63) is 0 Å². The molecule has 0 saturated heterocycles. The van der Waals surface area contributed by atoms with Gasteiger partial charge in [0.1, 0.15) is 6.29 Å². The van der Waals surface area contributed by atoms with Crippen LogP contribution in [0.3, 0.4) is 0 Å². The third-order valence-corrected chi connectivity index (χ3v) is 4.70. The first-order valence-electron chi connectivity index (χ1n) is 7.75. The summed E-state index contributed by atoms with van der Waals surface area (Å²) in [4.78, 5) is 14.2. The summed E-state index contributed by atoms with van der Waals surface area (Å²) in [7, 11) is 0. The van der Waals surface area contributed by atoms with E-state index in [0.717, 1.165) is 37.9 Å². The third kappa shape index (κ3) is 3.57. The Balaban J connectivity index is 1.96. The lowest BCUT2D eigenvalue weighted by atomic mass is 9.71. The Bertz CT molecular complexity index is 275. The summed E-state index contributed by atoms with van der Waals surface area (Å²) in [6.07, 6.45) is 8.67. The van der Waals surface area contributed by atoms with E-state index in [2.05, 4.69) is 25.7 Å². The maximum atomic E-state index is 11.6. The summed E-state index contributed by atoms with van der Waals surface area (Å²) in [5, 5.41) is 0. The molecule has 0 bridgehead atoms. The lowest BCUT2D eigenvalue weighted by Gasteiger charge is -2.39. The molecule has 2 heteroatoms. The van der Waals surface area contributed by atoms with Gasteiger partial charge < -0.3 is 4.79 Å². The fraction of sp³-hybridized carbons (Fsp3) is 0.938. The smallest absolute Gasteiger partial charge is 0.127 e. The van der Waals surface area contributed by atoms with Crippen molar-refractivity contribution in [3.8, 4) is 0 Å². The normalized spacial score (nSPS) is 33.1. The largest absolute Gasteiger partial charge is 0.303 e. The van der Waals surface area contributed by atoms with Gasteiger partial charge in [0.15, 0.2) is 0 Å². The first-order chi connectivity index (χ1) is 8.54. The van der Waals surface area contributed by atoms with Crippen LogP contribution in [0.1, 0.15) is 59.3 Å². The van der Waals surface area contributed by atoms with Crippen LogP contribution in [0.5, 0.6) is 0 Å². The molecule has 0 aromatic carbocycles. The molecule has 2 saturated carbocycles. The van der Waals surface area contributed by atoms with Crippen molar-refractivity contribution < 1.29 is 4.79 Å². The Kier molecular flexibility index (Phi) is 4.47. The number of hydrogen-bond donors (Lipinski definition) is 0. The van der Waals surface area contributed by atoms with Gasteiger partial charge in [0, 0.05) is 24.5 Å². The number of nitrogens with zero attached hydrogens (tertiary/aromatic N) is 1. The van der Waals surface area contributed by atoms with E-state index in [4.69, 9.17) is 0 Å². The summed E-state index contributed by atoms with van der Waals surface area (Å²) < 4.78 is 0. The van der Waals surface area contributed by atoms with Crippen LogP contribution in [0, 0.1) is 17.3 Å². The molecule has 104 valence electrons. The molecule has 0 unspecified atom stereocenters. The standard InChI is InChI=1S/C16H29NO/c1-13(2)10-17(15-4-5-15)11-16(12-18)8-6-14(3)7-9-16/h12-15H,4-11H2,1-3H3. The molecule has 0 atom stereocenters. The maximum Gasteiger partial charge on any atom is 0.127 e. The summed E-state index contributed by atoms with van der Waals surface area (Å²) >= 11 is 0. The van der Waals surface area contributed by atoms with Gasteiger partial charge >= 0.3 is 0 Å². The van der Waals surface area contributed by atoms with Gasteiger partial charge in [-0.25, -0.2) is 0 Å². The zero-order chi connectivity index (χ0) is 13.2. The van der Waals surface area contributed by atoms with E-state index in [1.54, 1.807) is 0 Å². The Morgan fingerprint density at radius 3 is 2.28 bits per heavy atom. The van der Waals surface area contributed by atoms with Crippen molar-refractivity contribution in [3.63, 3.8) is 0 Å². The second kappa shape index (κ2) is 5.73. The van der Waals surface area contributed by atoms with Crippen LogP contribution >= 0.6 is 0 Å². The molecule has 2 aliphatic rings. The number of carbonyl (C=O) groups is 1. The fourth-order valence-electron chi connectivity index (χ4n) is 3.31. The van der Waals surface area contributed by atoms with E-state index >= 15 is 0 Å². The first-order valence-corrected chi connectivity index (χ1v) is 7.75. The molecular formula is C16H29NO. The highest BCUT2D eigenvalue weighted by Gasteiger charge is 2.39. The lowest BCUT2D eigenvalue weighted by molar-refractivity contribution is -0.119. The van der Waals surface area contributed by atoms with E-state index in [-0.39, 0.29) is 5.41 Å². The van der Waals surface area contributed by atoms with Crippen LogP contribution in [-0.2, 0) is 4.79 Å². The molecule has 0 radical (unpaired) electrons. The average molecular weight is 251 g/mol. The molecule has 2 fully saturated rings. The van der Waals surface area contributed by atoms with E-state index in [0.29, 0.717) is 5.92 Å². The van der Waals surface area contributed by atoms with Gasteiger partial charge in [0.25, 0.3) is 0 Å². The van der Waals surface area contributed by atoms with Gasteiger partial charge in [0.2, 0.25) is 0 Å². The predicted molar refractivity (Wildman–Crippen MR) is 75.6 cm³/mol. The Labute approximate surface area is 112 Å². The zero-order valence-corrected chi connectivity index (χ0v) is 12.3. The molecule has 0 aliphatic heterocycles. The monoisotopic (exact) mass is 251 g/mol. The SMILES string of the molecule is CC(C)CN(CC1(C=O)CCC(C)CC1)C1CC1. The van der Waals surface area contributed by atoms with Crippen LogP contribution in [0.25, 0.3) is 0 Å². The fourth-order valence-corrected chi connectivity index (χ4v) is 3.31. The van der Waals surface area contributed by atoms with Crippen LogP contribution in [0.15, 0.2) is 0 Å². The number of carbonyl (C=O) groups excluding carboxylic acids is 1. The zero-order valence-electron chi connectivity index (χ0n) is 12.3. The third-order valence-electron chi connectivity index (χ3n) is 4.70. The highest BCUT2D eigenvalue weighted by atomic mass is 16.1. The topological polar surface area (TPSA) is 20.3 Å². The van der Waals surface area contributed by atoms with Crippen molar-refractivity contribution in [2.45, 2.75) is 65.3 Å². The number of hydrogen-bond acceptors (Lipinski definition) is 2. The summed E-state index contributed by atoms with van der Waals surface area (Å²) in [5.74, 6) is 1.52. The molecule has 0 spiro atoms. The molecule has 0 heterocycles. The van der Waals surface area contributed by atoms with Crippen LogP contribution < -0.4 is 0 Å². The van der Waals surface area contributed by atoms with Crippen molar-refractivity contribution in [1.82, 2.24) is 4.90 Å². The molecule has 2 rings (SSSR count). The molecule has 18 heavy (non-hydrogen) atoms. The quantitative estimate of drug-likeness (QED) is 0.673. The Morgan fingerprint density at radius 1 is 1.22 bits per heavy atom. The van der Waals surface area contributed by atoms with Crippen molar-refractivity contribution >= 4 is 6.29 Å². The molecule has 0 amide bonds. The molecule has 2 nitrogen and oxygen atoms in total. The lowest BCUT2D eigenvalue weighted by Crippen LogP contribution is -2.43. The first kappa shape index (κ1) is 14.0. The number of aldehydes is 1. The minimum Gasteiger partial charge on any atom is -0.303 e. The summed E-state index contributed by atoms with van der Waals surface area (Å²) in [6, 6.07) is 0.781. The predicted octanol–water partition coefficient (Wildman–Crippen LogP) is 3.50. The Hall–Kier alpha value is -0.370. The van der Waals surface area contributed by atoms with Crippen molar-refractivity contribution in [1.29, 1.82) is 0 Å². The van der Waals surface area contributed by atoms with Crippen LogP contribution in [0.4, 0.5) is 0 Å². The molecular weight excluding hydrogens is 222 g/mol. The molecule has 0 aromatic heterocycles. The average Bonchev–Trinajstić information content (AvgIpc) is 3.15. The number of rotatable bonds is 6. The van der Waals surface area contributed by atoms with Crippen LogP contribution in [-0.4, -0.2) is 30.3 Å². The van der Waals surface area contributed by atoms with E-state index < -0.39 is 0 Å². The second-order valence-electron chi connectivity index (χ2n) is 7.22. The minimum atomic E-state index is -0.0238. The van der Waals surface area contributed by atoms with Gasteiger partial charge in [-0.15, -0.1) is 0 Å².